The van der Waals surface area contributed by atoms with Crippen LogP contribution in [0, 0.1) is 12.7 Å². The van der Waals surface area contributed by atoms with Gasteiger partial charge >= 0.3 is 0 Å². The van der Waals surface area contributed by atoms with Crippen LogP contribution in [0.3, 0.4) is 0 Å². The average Bonchev–Trinajstić information content (AvgIpc) is 2.99. The van der Waals surface area contributed by atoms with Crippen LogP contribution in [0.5, 0.6) is 0 Å². The first kappa shape index (κ1) is 14.5. The Bertz CT molecular complexity index is 837. The van der Waals surface area contributed by atoms with Crippen molar-refractivity contribution in [3.8, 4) is 11.1 Å². The zero-order chi connectivity index (χ0) is 15.7. The number of halogens is 2. The topological polar surface area (TPSA) is 32.9 Å². The van der Waals surface area contributed by atoms with Gasteiger partial charge in [0.15, 0.2) is 5.78 Å². The van der Waals surface area contributed by atoms with Gasteiger partial charge in [-0.2, -0.15) is 0 Å². The molecule has 1 heterocycles. The first-order chi connectivity index (χ1) is 10.6. The maximum atomic E-state index is 13.3. The number of aromatic amines is 1. The van der Waals surface area contributed by atoms with Crippen LogP contribution in [0.25, 0.3) is 11.1 Å². The summed E-state index contributed by atoms with van der Waals surface area (Å²) in [6, 6.07) is 11.8. The second-order valence-electron chi connectivity index (χ2n) is 5.11. The van der Waals surface area contributed by atoms with Crippen LogP contribution in [0.4, 0.5) is 4.39 Å². The van der Waals surface area contributed by atoms with Crippen LogP contribution in [0.2, 0.25) is 5.02 Å². The lowest BCUT2D eigenvalue weighted by Gasteiger charge is -2.05. The number of carbonyl (C=O) groups excluding carboxylic acids is 1. The highest BCUT2D eigenvalue weighted by atomic mass is 35.5. The molecule has 0 aliphatic carbocycles. The number of hydrogen-bond acceptors (Lipinski definition) is 1. The van der Waals surface area contributed by atoms with Gasteiger partial charge in [-0.3, -0.25) is 4.79 Å². The molecule has 0 saturated carbocycles. The van der Waals surface area contributed by atoms with Gasteiger partial charge in [0, 0.05) is 29.1 Å². The summed E-state index contributed by atoms with van der Waals surface area (Å²) in [5.41, 5.74) is 3.64. The third-order valence-electron chi connectivity index (χ3n) is 3.53. The molecule has 0 radical (unpaired) electrons. The largest absolute Gasteiger partial charge is 0.366 e. The van der Waals surface area contributed by atoms with Gasteiger partial charge in [-0.1, -0.05) is 47.5 Å². The lowest BCUT2D eigenvalue weighted by Crippen LogP contribution is -2.01. The monoisotopic (exact) mass is 313 g/mol. The van der Waals surface area contributed by atoms with E-state index in [0.717, 1.165) is 5.56 Å². The summed E-state index contributed by atoms with van der Waals surface area (Å²) >= 11 is 5.83. The summed E-state index contributed by atoms with van der Waals surface area (Å²) in [6.45, 7) is 1.97. The zero-order valence-corrected chi connectivity index (χ0v) is 12.6. The van der Waals surface area contributed by atoms with E-state index < -0.39 is 5.82 Å². The molecule has 1 aromatic heterocycles. The highest BCUT2D eigenvalue weighted by molar-refractivity contribution is 6.31. The van der Waals surface area contributed by atoms with Crippen LogP contribution < -0.4 is 0 Å². The van der Waals surface area contributed by atoms with Gasteiger partial charge < -0.3 is 4.98 Å². The Labute approximate surface area is 132 Å². The minimum absolute atomic E-state index is 0.0347. The number of rotatable bonds is 3. The van der Waals surface area contributed by atoms with Crippen LogP contribution in [-0.2, 0) is 0 Å². The normalized spacial score (nSPS) is 10.7. The summed E-state index contributed by atoms with van der Waals surface area (Å²) in [6.07, 6.45) is 3.36. The highest BCUT2D eigenvalue weighted by Gasteiger charge is 2.16. The van der Waals surface area contributed by atoms with E-state index in [1.165, 1.54) is 12.1 Å². The predicted octanol–water partition coefficient (Wildman–Crippen LogP) is 5.01. The fourth-order valence-electron chi connectivity index (χ4n) is 2.31. The maximum absolute atomic E-state index is 13.3. The molecular weight excluding hydrogens is 301 g/mol. The molecule has 4 heteroatoms. The smallest absolute Gasteiger partial charge is 0.195 e. The van der Waals surface area contributed by atoms with Crippen molar-refractivity contribution in [2.45, 2.75) is 6.92 Å². The van der Waals surface area contributed by atoms with E-state index in [0.29, 0.717) is 22.3 Å². The van der Waals surface area contributed by atoms with Gasteiger partial charge in [-0.05, 0) is 24.6 Å². The third-order valence-corrected chi connectivity index (χ3v) is 3.82. The second kappa shape index (κ2) is 5.78. The standard InChI is InChI=1S/C18H13ClFNO/c1-11-2-4-12(5-3-11)18(22)15-10-21-9-14(15)13-6-7-17(20)16(19)8-13/h2-10,21H,1H3. The third kappa shape index (κ3) is 2.68. The van der Waals surface area contributed by atoms with Crippen molar-refractivity contribution in [1.29, 1.82) is 0 Å². The number of nitrogens with one attached hydrogen (secondary N) is 1. The van der Waals surface area contributed by atoms with Crippen molar-refractivity contribution in [2.24, 2.45) is 0 Å². The van der Waals surface area contributed by atoms with Gasteiger partial charge in [0.25, 0.3) is 0 Å². The minimum atomic E-state index is -0.479. The summed E-state index contributed by atoms with van der Waals surface area (Å²) in [4.78, 5) is 15.6. The number of aromatic nitrogens is 1. The van der Waals surface area contributed by atoms with Gasteiger partial charge in [-0.15, -0.1) is 0 Å². The first-order valence-electron chi connectivity index (χ1n) is 6.80. The fraction of sp³-hybridized carbons (Fsp3) is 0.0556. The van der Waals surface area contributed by atoms with E-state index >= 15 is 0 Å². The molecule has 1 N–H and O–H groups in total. The van der Waals surface area contributed by atoms with Crippen LogP contribution in [0.15, 0.2) is 54.9 Å². The molecule has 0 amide bonds. The minimum Gasteiger partial charge on any atom is -0.366 e. The molecule has 2 nitrogen and oxygen atoms in total. The van der Waals surface area contributed by atoms with E-state index in [1.54, 1.807) is 30.6 Å². The molecular formula is C18H13ClFNO. The Balaban J connectivity index is 2.03. The molecule has 3 rings (SSSR count). The van der Waals surface area contributed by atoms with E-state index in [2.05, 4.69) is 4.98 Å². The molecule has 0 spiro atoms. The molecule has 110 valence electrons. The number of hydrogen-bond donors (Lipinski definition) is 1. The number of carbonyl (C=O) groups is 1. The summed E-state index contributed by atoms with van der Waals surface area (Å²) < 4.78 is 13.3. The van der Waals surface area contributed by atoms with Crippen LogP contribution in [-0.4, -0.2) is 10.8 Å². The Kier molecular flexibility index (Phi) is 3.82. The fourth-order valence-corrected chi connectivity index (χ4v) is 2.50. The molecule has 0 aliphatic rings. The van der Waals surface area contributed by atoms with E-state index in [1.807, 2.05) is 19.1 Å². The highest BCUT2D eigenvalue weighted by Crippen LogP contribution is 2.29. The molecule has 0 fully saturated rings. The van der Waals surface area contributed by atoms with E-state index in [-0.39, 0.29) is 10.8 Å². The summed E-state index contributed by atoms with van der Waals surface area (Å²) in [5.74, 6) is -0.566. The summed E-state index contributed by atoms with van der Waals surface area (Å²) in [5, 5.41) is 0.0347. The van der Waals surface area contributed by atoms with E-state index in [4.69, 9.17) is 11.6 Å². The van der Waals surface area contributed by atoms with Crippen molar-refractivity contribution < 1.29 is 9.18 Å². The Morgan fingerprint density at radius 2 is 1.82 bits per heavy atom. The van der Waals surface area contributed by atoms with Crippen molar-refractivity contribution in [2.75, 3.05) is 0 Å². The summed E-state index contributed by atoms with van der Waals surface area (Å²) in [7, 11) is 0. The van der Waals surface area contributed by atoms with Crippen molar-refractivity contribution >= 4 is 17.4 Å². The molecule has 2 aromatic carbocycles. The van der Waals surface area contributed by atoms with Gasteiger partial charge in [-0.25, -0.2) is 4.39 Å². The molecule has 22 heavy (non-hydrogen) atoms. The van der Waals surface area contributed by atoms with Crippen molar-refractivity contribution in [3.05, 3.63) is 82.4 Å². The molecule has 0 unspecified atom stereocenters. The number of ketones is 1. The average molecular weight is 314 g/mol. The lowest BCUT2D eigenvalue weighted by atomic mass is 9.97. The van der Waals surface area contributed by atoms with Crippen LogP contribution >= 0.6 is 11.6 Å². The predicted molar refractivity (Wildman–Crippen MR) is 85.8 cm³/mol. The molecule has 0 atom stereocenters. The quantitative estimate of drug-likeness (QED) is 0.677. The number of benzene rings is 2. The first-order valence-corrected chi connectivity index (χ1v) is 7.17. The second-order valence-corrected chi connectivity index (χ2v) is 5.51. The molecule has 0 aliphatic heterocycles. The molecule has 0 saturated heterocycles. The van der Waals surface area contributed by atoms with Gasteiger partial charge in [0.2, 0.25) is 0 Å². The molecule has 0 bridgehead atoms. The Hall–Kier alpha value is -2.39. The van der Waals surface area contributed by atoms with Gasteiger partial charge in [0.1, 0.15) is 5.82 Å². The molecule has 3 aromatic rings. The zero-order valence-electron chi connectivity index (χ0n) is 11.9. The number of aryl methyl sites for hydroxylation is 1. The Morgan fingerprint density at radius 1 is 1.09 bits per heavy atom. The van der Waals surface area contributed by atoms with E-state index in [9.17, 15) is 9.18 Å². The SMILES string of the molecule is Cc1ccc(C(=O)c2c[nH]cc2-c2ccc(F)c(Cl)c2)cc1. The maximum Gasteiger partial charge on any atom is 0.195 e. The van der Waals surface area contributed by atoms with Gasteiger partial charge in [0.05, 0.1) is 5.02 Å². The van der Waals surface area contributed by atoms with Crippen molar-refractivity contribution in [3.63, 3.8) is 0 Å². The number of H-pyrrole nitrogens is 1. The van der Waals surface area contributed by atoms with Crippen LogP contribution in [0.1, 0.15) is 21.5 Å². The van der Waals surface area contributed by atoms with Crippen molar-refractivity contribution in [1.82, 2.24) is 4.98 Å². The Morgan fingerprint density at radius 3 is 2.50 bits per heavy atom. The lowest BCUT2D eigenvalue weighted by molar-refractivity contribution is 0.103.